The lowest BCUT2D eigenvalue weighted by Crippen LogP contribution is -2.19. The quantitative estimate of drug-likeness (QED) is 0.822. The monoisotopic (exact) mass is 326 g/mol. The summed E-state index contributed by atoms with van der Waals surface area (Å²) in [5.41, 5.74) is 1.09. The Bertz CT molecular complexity index is 441. The van der Waals surface area contributed by atoms with Gasteiger partial charge in [-0.1, -0.05) is 22.4 Å². The van der Waals surface area contributed by atoms with Crippen molar-refractivity contribution in [3.63, 3.8) is 0 Å². The van der Waals surface area contributed by atoms with Crippen molar-refractivity contribution < 1.29 is 14.6 Å². The highest BCUT2D eigenvalue weighted by molar-refractivity contribution is 9.10. The van der Waals surface area contributed by atoms with E-state index in [9.17, 15) is 4.79 Å². The Labute approximate surface area is 122 Å². The number of aryl methyl sites for hydroxylation is 1. The van der Waals surface area contributed by atoms with Crippen LogP contribution in [0.5, 0.6) is 5.75 Å². The summed E-state index contributed by atoms with van der Waals surface area (Å²) in [6.45, 7) is 0.785. The third-order valence-corrected chi connectivity index (χ3v) is 4.05. The first-order valence-electron chi connectivity index (χ1n) is 6.78. The highest BCUT2D eigenvalue weighted by atomic mass is 79.9. The second-order valence-corrected chi connectivity index (χ2v) is 6.02. The number of benzene rings is 1. The van der Waals surface area contributed by atoms with Crippen molar-refractivity contribution in [1.29, 1.82) is 0 Å². The molecule has 0 unspecified atom stereocenters. The fourth-order valence-electron chi connectivity index (χ4n) is 2.18. The standard InChI is InChI=1S/C15H19BrO3/c16-13-7-8-14(19-10-11-3-1-4-11)12(9-13)5-2-6-15(17)18/h7-9,11H,1-6,10H2,(H,17,18). The van der Waals surface area contributed by atoms with Crippen LogP contribution in [0.1, 0.15) is 37.7 Å². The zero-order chi connectivity index (χ0) is 13.7. The van der Waals surface area contributed by atoms with E-state index in [2.05, 4.69) is 15.9 Å². The van der Waals surface area contributed by atoms with Gasteiger partial charge in [0, 0.05) is 10.9 Å². The predicted octanol–water partition coefficient (Wildman–Crippen LogP) is 4.04. The summed E-state index contributed by atoms with van der Waals surface area (Å²) >= 11 is 3.45. The first kappa shape index (κ1) is 14.4. The number of hydrogen-bond acceptors (Lipinski definition) is 2. The molecule has 104 valence electrons. The number of halogens is 1. The number of carboxylic acid groups (broad SMARTS) is 1. The molecule has 2 rings (SSSR count). The van der Waals surface area contributed by atoms with E-state index in [4.69, 9.17) is 9.84 Å². The van der Waals surface area contributed by atoms with Gasteiger partial charge in [-0.3, -0.25) is 4.79 Å². The molecule has 1 N–H and O–H groups in total. The molecule has 1 aliphatic rings. The number of aliphatic carboxylic acids is 1. The van der Waals surface area contributed by atoms with Crippen molar-refractivity contribution >= 4 is 21.9 Å². The Balaban J connectivity index is 1.93. The van der Waals surface area contributed by atoms with Crippen LogP contribution in [0.3, 0.4) is 0 Å². The van der Waals surface area contributed by atoms with E-state index >= 15 is 0 Å². The van der Waals surface area contributed by atoms with Crippen LogP contribution in [-0.4, -0.2) is 17.7 Å². The summed E-state index contributed by atoms with van der Waals surface area (Å²) in [5, 5.41) is 8.69. The molecule has 3 nitrogen and oxygen atoms in total. The van der Waals surface area contributed by atoms with E-state index in [0.29, 0.717) is 12.3 Å². The van der Waals surface area contributed by atoms with Gasteiger partial charge in [-0.2, -0.15) is 0 Å². The van der Waals surface area contributed by atoms with E-state index in [0.717, 1.165) is 28.8 Å². The van der Waals surface area contributed by atoms with Crippen LogP contribution in [0.2, 0.25) is 0 Å². The Morgan fingerprint density at radius 3 is 2.84 bits per heavy atom. The number of carboxylic acids is 1. The van der Waals surface area contributed by atoms with Gasteiger partial charge < -0.3 is 9.84 Å². The number of rotatable bonds is 7. The minimum atomic E-state index is -0.744. The zero-order valence-electron chi connectivity index (χ0n) is 10.9. The van der Waals surface area contributed by atoms with Gasteiger partial charge in [0.2, 0.25) is 0 Å². The molecule has 0 atom stereocenters. The number of ether oxygens (including phenoxy) is 1. The smallest absolute Gasteiger partial charge is 0.303 e. The highest BCUT2D eigenvalue weighted by Gasteiger charge is 2.18. The molecule has 4 heteroatoms. The molecule has 0 aromatic heterocycles. The largest absolute Gasteiger partial charge is 0.493 e. The summed E-state index contributed by atoms with van der Waals surface area (Å²) in [4.78, 5) is 10.6. The zero-order valence-corrected chi connectivity index (χ0v) is 12.5. The van der Waals surface area contributed by atoms with Crippen molar-refractivity contribution in [2.75, 3.05) is 6.61 Å². The fourth-order valence-corrected chi connectivity index (χ4v) is 2.59. The summed E-state index contributed by atoms with van der Waals surface area (Å²) < 4.78 is 6.89. The summed E-state index contributed by atoms with van der Waals surface area (Å²) in [7, 11) is 0. The number of hydrogen-bond donors (Lipinski definition) is 1. The Morgan fingerprint density at radius 1 is 1.42 bits per heavy atom. The Hall–Kier alpha value is -1.03. The van der Waals surface area contributed by atoms with Gasteiger partial charge in [-0.15, -0.1) is 0 Å². The fraction of sp³-hybridized carbons (Fsp3) is 0.533. The molecule has 0 heterocycles. The van der Waals surface area contributed by atoms with Crippen molar-refractivity contribution in [2.24, 2.45) is 5.92 Å². The maximum Gasteiger partial charge on any atom is 0.303 e. The van der Waals surface area contributed by atoms with E-state index in [1.807, 2.05) is 18.2 Å². The molecule has 0 spiro atoms. The number of carbonyl (C=O) groups is 1. The third kappa shape index (κ3) is 4.53. The van der Waals surface area contributed by atoms with Crippen LogP contribution in [0.4, 0.5) is 0 Å². The maximum absolute atomic E-state index is 10.6. The lowest BCUT2D eigenvalue weighted by molar-refractivity contribution is -0.137. The molecule has 0 amide bonds. The van der Waals surface area contributed by atoms with E-state index in [-0.39, 0.29) is 6.42 Å². The van der Waals surface area contributed by atoms with Crippen molar-refractivity contribution in [3.05, 3.63) is 28.2 Å². The molecule has 0 saturated heterocycles. The third-order valence-electron chi connectivity index (χ3n) is 3.56. The maximum atomic E-state index is 10.6. The van der Waals surface area contributed by atoms with Crippen molar-refractivity contribution in [1.82, 2.24) is 0 Å². The van der Waals surface area contributed by atoms with Crippen LogP contribution in [0, 0.1) is 5.92 Å². The second kappa shape index (κ2) is 6.94. The molecule has 1 fully saturated rings. The van der Waals surface area contributed by atoms with Crippen molar-refractivity contribution in [3.8, 4) is 5.75 Å². The lowest BCUT2D eigenvalue weighted by Gasteiger charge is -2.25. The van der Waals surface area contributed by atoms with Gasteiger partial charge in [-0.25, -0.2) is 0 Å². The van der Waals surface area contributed by atoms with E-state index in [1.165, 1.54) is 19.3 Å². The van der Waals surface area contributed by atoms with Gasteiger partial charge in [0.15, 0.2) is 0 Å². The van der Waals surface area contributed by atoms with Crippen LogP contribution >= 0.6 is 15.9 Å². The molecule has 0 bridgehead atoms. The minimum absolute atomic E-state index is 0.203. The van der Waals surface area contributed by atoms with Gasteiger partial charge in [-0.05, 0) is 55.4 Å². The average molecular weight is 327 g/mol. The van der Waals surface area contributed by atoms with Gasteiger partial charge in [0.25, 0.3) is 0 Å². The summed E-state index contributed by atoms with van der Waals surface area (Å²) in [5.74, 6) is 0.864. The van der Waals surface area contributed by atoms with E-state index < -0.39 is 5.97 Å². The normalized spacial score (nSPS) is 15.0. The first-order valence-corrected chi connectivity index (χ1v) is 7.57. The van der Waals surface area contributed by atoms with Gasteiger partial charge >= 0.3 is 5.97 Å². The highest BCUT2D eigenvalue weighted by Crippen LogP contribution is 2.29. The average Bonchev–Trinajstić information content (AvgIpc) is 2.29. The van der Waals surface area contributed by atoms with Gasteiger partial charge in [0.05, 0.1) is 6.61 Å². The minimum Gasteiger partial charge on any atom is -0.493 e. The van der Waals surface area contributed by atoms with E-state index in [1.54, 1.807) is 0 Å². The second-order valence-electron chi connectivity index (χ2n) is 5.11. The lowest BCUT2D eigenvalue weighted by atomic mass is 9.86. The van der Waals surface area contributed by atoms with Crippen LogP contribution in [0.25, 0.3) is 0 Å². The summed E-state index contributed by atoms with van der Waals surface area (Å²) in [6.07, 6.45) is 5.45. The first-order chi connectivity index (χ1) is 9.15. The molecule has 19 heavy (non-hydrogen) atoms. The summed E-state index contributed by atoms with van der Waals surface area (Å²) in [6, 6.07) is 5.97. The predicted molar refractivity (Wildman–Crippen MR) is 77.6 cm³/mol. The topological polar surface area (TPSA) is 46.5 Å². The molecule has 1 aromatic carbocycles. The molecular formula is C15H19BrO3. The van der Waals surface area contributed by atoms with Crippen LogP contribution in [-0.2, 0) is 11.2 Å². The molecule has 1 aromatic rings. The SMILES string of the molecule is O=C(O)CCCc1cc(Br)ccc1OCC1CCC1. The van der Waals surface area contributed by atoms with Gasteiger partial charge in [0.1, 0.15) is 5.75 Å². The van der Waals surface area contributed by atoms with Crippen molar-refractivity contribution in [2.45, 2.75) is 38.5 Å². The Kier molecular flexibility index (Phi) is 5.25. The Morgan fingerprint density at radius 2 is 2.21 bits per heavy atom. The molecule has 1 aliphatic carbocycles. The molecule has 0 aliphatic heterocycles. The van der Waals surface area contributed by atoms with Crippen LogP contribution in [0.15, 0.2) is 22.7 Å². The molecule has 1 saturated carbocycles. The molecule has 0 radical (unpaired) electrons. The molecular weight excluding hydrogens is 308 g/mol. The van der Waals surface area contributed by atoms with Crippen LogP contribution < -0.4 is 4.74 Å².